The Morgan fingerprint density at radius 2 is 1.95 bits per heavy atom. The van der Waals surface area contributed by atoms with Gasteiger partial charge in [0.1, 0.15) is 5.75 Å². The fourth-order valence-electron chi connectivity index (χ4n) is 1.77. The van der Waals surface area contributed by atoms with Gasteiger partial charge in [0, 0.05) is 6.54 Å². The first-order valence-electron chi connectivity index (χ1n) is 6.31. The predicted molar refractivity (Wildman–Crippen MR) is 68.7 cm³/mol. The van der Waals surface area contributed by atoms with E-state index in [2.05, 4.69) is 5.32 Å². The smallest absolute Gasteiger partial charge is 0.415 e. The third kappa shape index (κ3) is 3.71. The van der Waals surface area contributed by atoms with E-state index in [1.807, 2.05) is 24.3 Å². The highest BCUT2D eigenvalue weighted by Crippen LogP contribution is 2.27. The van der Waals surface area contributed by atoms with E-state index in [0.717, 1.165) is 30.6 Å². The van der Waals surface area contributed by atoms with Crippen LogP contribution in [0.4, 0.5) is 4.79 Å². The molecule has 0 bridgehead atoms. The topological polar surface area (TPSA) is 64.6 Å². The maximum Gasteiger partial charge on any atom is 0.415 e. The standard InChI is InChI=1S/C14H17NO4/c1-18-12-7-5-10(6-8-12)9-15-14(17)19-13(16)11-3-2-4-11/h5-8,11H,2-4,9H2,1H3,(H,15,17). The maximum absolute atomic E-state index is 11.4. The summed E-state index contributed by atoms with van der Waals surface area (Å²) in [7, 11) is 1.59. The Labute approximate surface area is 111 Å². The van der Waals surface area contributed by atoms with Gasteiger partial charge >= 0.3 is 12.1 Å². The molecule has 0 saturated heterocycles. The molecule has 0 aromatic heterocycles. The molecule has 1 amide bonds. The summed E-state index contributed by atoms with van der Waals surface area (Å²) < 4.78 is 9.74. The summed E-state index contributed by atoms with van der Waals surface area (Å²) in [5.74, 6) is 0.247. The fourth-order valence-corrected chi connectivity index (χ4v) is 1.77. The SMILES string of the molecule is COc1ccc(CNC(=O)OC(=O)C2CCC2)cc1. The molecule has 1 aromatic carbocycles. The molecule has 0 atom stereocenters. The summed E-state index contributed by atoms with van der Waals surface area (Å²) in [5, 5.41) is 2.55. The van der Waals surface area contributed by atoms with Gasteiger partial charge in [0.05, 0.1) is 13.0 Å². The number of nitrogens with one attached hydrogen (secondary N) is 1. The van der Waals surface area contributed by atoms with E-state index >= 15 is 0 Å². The van der Waals surface area contributed by atoms with Crippen molar-refractivity contribution in [3.63, 3.8) is 0 Å². The number of carbonyl (C=O) groups is 2. The lowest BCUT2D eigenvalue weighted by Gasteiger charge is -2.22. The van der Waals surface area contributed by atoms with E-state index in [1.165, 1.54) is 0 Å². The molecule has 102 valence electrons. The number of benzene rings is 1. The van der Waals surface area contributed by atoms with E-state index in [-0.39, 0.29) is 5.92 Å². The second kappa shape index (κ2) is 6.22. The molecule has 19 heavy (non-hydrogen) atoms. The molecule has 0 heterocycles. The summed E-state index contributed by atoms with van der Waals surface area (Å²) in [6, 6.07) is 7.30. The Balaban J connectivity index is 1.74. The fraction of sp³-hybridized carbons (Fsp3) is 0.429. The Kier molecular flexibility index (Phi) is 4.39. The van der Waals surface area contributed by atoms with Gasteiger partial charge < -0.3 is 14.8 Å². The van der Waals surface area contributed by atoms with E-state index < -0.39 is 12.1 Å². The van der Waals surface area contributed by atoms with Crippen LogP contribution in [0.15, 0.2) is 24.3 Å². The molecular weight excluding hydrogens is 246 g/mol. The van der Waals surface area contributed by atoms with Crippen LogP contribution in [0.25, 0.3) is 0 Å². The molecule has 0 unspecified atom stereocenters. The molecule has 1 N–H and O–H groups in total. The molecule has 1 aliphatic rings. The Morgan fingerprint density at radius 3 is 2.47 bits per heavy atom. The monoisotopic (exact) mass is 263 g/mol. The third-order valence-corrected chi connectivity index (χ3v) is 3.23. The van der Waals surface area contributed by atoms with Crippen LogP contribution < -0.4 is 10.1 Å². The van der Waals surface area contributed by atoms with Gasteiger partial charge in [-0.25, -0.2) is 4.79 Å². The zero-order chi connectivity index (χ0) is 13.7. The van der Waals surface area contributed by atoms with Crippen LogP contribution in [-0.2, 0) is 16.1 Å². The second-order valence-corrected chi connectivity index (χ2v) is 4.54. The lowest BCUT2D eigenvalue weighted by molar-refractivity contribution is -0.144. The van der Waals surface area contributed by atoms with Crippen molar-refractivity contribution in [3.05, 3.63) is 29.8 Å². The van der Waals surface area contributed by atoms with Gasteiger partial charge in [0.25, 0.3) is 0 Å². The molecule has 5 nitrogen and oxygen atoms in total. The molecule has 5 heteroatoms. The number of hydrogen-bond donors (Lipinski definition) is 1. The Hall–Kier alpha value is -2.04. The number of alkyl carbamates (subject to hydrolysis) is 1. The van der Waals surface area contributed by atoms with Crippen molar-refractivity contribution >= 4 is 12.1 Å². The number of amides is 1. The van der Waals surface area contributed by atoms with Crippen molar-refractivity contribution < 1.29 is 19.1 Å². The van der Waals surface area contributed by atoms with Crippen molar-refractivity contribution in [1.29, 1.82) is 0 Å². The first-order valence-corrected chi connectivity index (χ1v) is 6.31. The first kappa shape index (κ1) is 13.4. The van der Waals surface area contributed by atoms with Crippen LogP contribution >= 0.6 is 0 Å². The number of ether oxygens (including phenoxy) is 2. The third-order valence-electron chi connectivity index (χ3n) is 3.23. The molecule has 1 saturated carbocycles. The number of methoxy groups -OCH3 is 1. The van der Waals surface area contributed by atoms with Crippen LogP contribution in [0.1, 0.15) is 24.8 Å². The summed E-state index contributed by atoms with van der Waals surface area (Å²) in [4.78, 5) is 22.8. The molecule has 1 aromatic rings. The van der Waals surface area contributed by atoms with E-state index in [1.54, 1.807) is 7.11 Å². The Bertz CT molecular complexity index is 451. The number of rotatable bonds is 4. The van der Waals surface area contributed by atoms with Crippen LogP contribution in [0, 0.1) is 5.92 Å². The Morgan fingerprint density at radius 1 is 1.26 bits per heavy atom. The zero-order valence-electron chi connectivity index (χ0n) is 10.8. The average Bonchev–Trinajstić information content (AvgIpc) is 2.34. The minimum atomic E-state index is -0.687. The van der Waals surface area contributed by atoms with Crippen molar-refractivity contribution in [2.24, 2.45) is 5.92 Å². The summed E-state index contributed by atoms with van der Waals surface area (Å²) in [6.07, 6.45) is 2.00. The number of hydrogen-bond acceptors (Lipinski definition) is 4. The lowest BCUT2D eigenvalue weighted by Crippen LogP contribution is -2.31. The van der Waals surface area contributed by atoms with Crippen LogP contribution in [0.3, 0.4) is 0 Å². The number of carbonyl (C=O) groups excluding carboxylic acids is 2. The predicted octanol–water partition coefficient (Wildman–Crippen LogP) is 2.25. The van der Waals surface area contributed by atoms with Crippen molar-refractivity contribution in [3.8, 4) is 5.75 Å². The first-order chi connectivity index (χ1) is 9.19. The van der Waals surface area contributed by atoms with Crippen molar-refractivity contribution in [1.82, 2.24) is 5.32 Å². The maximum atomic E-state index is 11.4. The van der Waals surface area contributed by atoms with Gasteiger partial charge in [-0.3, -0.25) is 4.79 Å². The minimum Gasteiger partial charge on any atom is -0.497 e. The van der Waals surface area contributed by atoms with Crippen molar-refractivity contribution in [2.75, 3.05) is 7.11 Å². The highest BCUT2D eigenvalue weighted by molar-refractivity contribution is 5.86. The minimum absolute atomic E-state index is 0.0910. The summed E-state index contributed by atoms with van der Waals surface area (Å²) >= 11 is 0. The van der Waals surface area contributed by atoms with Gasteiger partial charge in [-0.05, 0) is 30.5 Å². The summed E-state index contributed by atoms with van der Waals surface area (Å²) in [5.41, 5.74) is 0.911. The zero-order valence-corrected chi connectivity index (χ0v) is 10.8. The van der Waals surface area contributed by atoms with Gasteiger partial charge in [0.2, 0.25) is 0 Å². The van der Waals surface area contributed by atoms with Gasteiger partial charge in [0.15, 0.2) is 0 Å². The largest absolute Gasteiger partial charge is 0.497 e. The van der Waals surface area contributed by atoms with E-state index in [9.17, 15) is 9.59 Å². The highest BCUT2D eigenvalue weighted by atomic mass is 16.6. The average molecular weight is 263 g/mol. The molecule has 0 aliphatic heterocycles. The molecule has 1 fully saturated rings. The van der Waals surface area contributed by atoms with E-state index in [4.69, 9.17) is 9.47 Å². The molecule has 0 spiro atoms. The van der Waals surface area contributed by atoms with Crippen LogP contribution in [0.2, 0.25) is 0 Å². The van der Waals surface area contributed by atoms with Crippen LogP contribution in [0.5, 0.6) is 5.75 Å². The quantitative estimate of drug-likeness (QED) is 0.668. The molecule has 1 aliphatic carbocycles. The highest BCUT2D eigenvalue weighted by Gasteiger charge is 2.28. The lowest BCUT2D eigenvalue weighted by atomic mass is 9.86. The normalized spacial score (nSPS) is 14.4. The number of esters is 1. The van der Waals surface area contributed by atoms with E-state index in [0.29, 0.717) is 6.54 Å². The van der Waals surface area contributed by atoms with Gasteiger partial charge in [-0.2, -0.15) is 0 Å². The molecule has 0 radical (unpaired) electrons. The van der Waals surface area contributed by atoms with Gasteiger partial charge in [-0.1, -0.05) is 18.6 Å². The van der Waals surface area contributed by atoms with Crippen molar-refractivity contribution in [2.45, 2.75) is 25.8 Å². The van der Waals surface area contributed by atoms with Gasteiger partial charge in [-0.15, -0.1) is 0 Å². The molecular formula is C14H17NO4. The van der Waals surface area contributed by atoms with Crippen LogP contribution in [-0.4, -0.2) is 19.2 Å². The summed E-state index contributed by atoms with van der Waals surface area (Å²) in [6.45, 7) is 0.320. The molecule has 2 rings (SSSR count). The second-order valence-electron chi connectivity index (χ2n) is 4.54.